The topological polar surface area (TPSA) is 75.4 Å². The van der Waals surface area contributed by atoms with Gasteiger partial charge in [-0.1, -0.05) is 0 Å². The van der Waals surface area contributed by atoms with E-state index in [2.05, 4.69) is 5.32 Å². The molecular formula is C9H12N2O3. The molecule has 2 N–H and O–H groups in total. The molecule has 0 aliphatic rings. The van der Waals surface area contributed by atoms with Crippen LogP contribution in [0, 0.1) is 10.1 Å². The number of nitro groups is 1. The number of nitrogens with zero attached hydrogens (tertiary/aromatic N) is 1. The predicted octanol–water partition coefficient (Wildman–Crippen LogP) is 1.52. The highest BCUT2D eigenvalue weighted by Gasteiger charge is 2.09. The van der Waals surface area contributed by atoms with E-state index in [9.17, 15) is 10.1 Å². The first-order chi connectivity index (χ1) is 6.69. The van der Waals surface area contributed by atoms with E-state index >= 15 is 0 Å². The van der Waals surface area contributed by atoms with E-state index in [1.54, 1.807) is 6.07 Å². The van der Waals surface area contributed by atoms with Crippen LogP contribution < -0.4 is 5.32 Å². The van der Waals surface area contributed by atoms with Crippen LogP contribution >= 0.6 is 0 Å². The van der Waals surface area contributed by atoms with Crippen molar-refractivity contribution in [1.29, 1.82) is 0 Å². The van der Waals surface area contributed by atoms with Crippen molar-refractivity contribution >= 4 is 11.4 Å². The molecule has 0 aliphatic carbocycles. The van der Waals surface area contributed by atoms with Crippen LogP contribution in [-0.4, -0.2) is 16.6 Å². The zero-order chi connectivity index (χ0) is 10.6. The number of nitro benzene ring substituents is 1. The van der Waals surface area contributed by atoms with Gasteiger partial charge in [0.1, 0.15) is 0 Å². The van der Waals surface area contributed by atoms with Gasteiger partial charge in [0, 0.05) is 29.9 Å². The summed E-state index contributed by atoms with van der Waals surface area (Å²) < 4.78 is 0. The molecule has 0 radical (unpaired) electrons. The predicted molar refractivity (Wildman–Crippen MR) is 53.2 cm³/mol. The van der Waals surface area contributed by atoms with Crippen LogP contribution in [0.25, 0.3) is 0 Å². The molecule has 0 heterocycles. The molecule has 0 amide bonds. The fraction of sp³-hybridized carbons (Fsp3) is 0.333. The zero-order valence-corrected chi connectivity index (χ0v) is 7.86. The molecule has 1 rings (SSSR count). The second kappa shape index (κ2) is 4.57. The van der Waals surface area contributed by atoms with Gasteiger partial charge in [-0.05, 0) is 13.0 Å². The standard InChI is InChI=1S/C9H12N2O3/c1-2-10-9-4-3-8(11(13)14)5-7(9)6-12/h3-5,10,12H,2,6H2,1H3. The Hall–Kier alpha value is -1.62. The number of hydrogen-bond acceptors (Lipinski definition) is 4. The molecule has 0 saturated heterocycles. The summed E-state index contributed by atoms with van der Waals surface area (Å²) in [5.74, 6) is 0. The van der Waals surface area contributed by atoms with Crippen LogP contribution in [0.5, 0.6) is 0 Å². The van der Waals surface area contributed by atoms with Gasteiger partial charge in [0.05, 0.1) is 11.5 Å². The minimum Gasteiger partial charge on any atom is -0.392 e. The van der Waals surface area contributed by atoms with E-state index in [1.807, 2.05) is 6.92 Å². The number of non-ortho nitro benzene ring substituents is 1. The molecule has 0 aromatic heterocycles. The van der Waals surface area contributed by atoms with E-state index in [-0.39, 0.29) is 12.3 Å². The number of aliphatic hydroxyl groups is 1. The Bertz CT molecular complexity index is 339. The van der Waals surface area contributed by atoms with E-state index in [0.717, 1.165) is 5.69 Å². The Balaban J connectivity index is 3.04. The molecule has 0 fully saturated rings. The number of hydrogen-bond donors (Lipinski definition) is 2. The number of aliphatic hydroxyl groups excluding tert-OH is 1. The van der Waals surface area contributed by atoms with Crippen molar-refractivity contribution in [1.82, 2.24) is 0 Å². The van der Waals surface area contributed by atoms with Crippen molar-refractivity contribution in [3.63, 3.8) is 0 Å². The van der Waals surface area contributed by atoms with E-state index in [0.29, 0.717) is 12.1 Å². The quantitative estimate of drug-likeness (QED) is 0.565. The number of rotatable bonds is 4. The number of nitrogens with one attached hydrogen (secondary N) is 1. The fourth-order valence-electron chi connectivity index (χ4n) is 1.19. The Morgan fingerprint density at radius 3 is 2.79 bits per heavy atom. The number of benzene rings is 1. The summed E-state index contributed by atoms with van der Waals surface area (Å²) in [4.78, 5) is 9.96. The minimum absolute atomic E-state index is 0.00398. The van der Waals surface area contributed by atoms with Crippen molar-refractivity contribution < 1.29 is 10.0 Å². The molecule has 0 bridgehead atoms. The lowest BCUT2D eigenvalue weighted by Crippen LogP contribution is -2.01. The zero-order valence-electron chi connectivity index (χ0n) is 7.86. The first-order valence-corrected chi connectivity index (χ1v) is 4.31. The van der Waals surface area contributed by atoms with Crippen molar-refractivity contribution in [2.45, 2.75) is 13.5 Å². The maximum absolute atomic E-state index is 10.4. The molecule has 0 aliphatic heterocycles. The van der Waals surface area contributed by atoms with Crippen molar-refractivity contribution in [2.24, 2.45) is 0 Å². The lowest BCUT2D eigenvalue weighted by atomic mass is 10.1. The summed E-state index contributed by atoms with van der Waals surface area (Å²) in [6, 6.07) is 4.39. The summed E-state index contributed by atoms with van der Waals surface area (Å²) in [5, 5.41) is 22.4. The normalized spacial score (nSPS) is 9.86. The first-order valence-electron chi connectivity index (χ1n) is 4.31. The molecule has 0 spiro atoms. The maximum atomic E-state index is 10.4. The highest BCUT2D eigenvalue weighted by Crippen LogP contribution is 2.21. The summed E-state index contributed by atoms with van der Waals surface area (Å²) in [6.45, 7) is 2.43. The van der Waals surface area contributed by atoms with Gasteiger partial charge in [0.2, 0.25) is 0 Å². The monoisotopic (exact) mass is 196 g/mol. The third-order valence-corrected chi connectivity index (χ3v) is 1.84. The van der Waals surface area contributed by atoms with Crippen LogP contribution in [0.15, 0.2) is 18.2 Å². The van der Waals surface area contributed by atoms with Crippen LogP contribution in [0.2, 0.25) is 0 Å². The Morgan fingerprint density at radius 1 is 1.57 bits per heavy atom. The number of anilines is 1. The molecular weight excluding hydrogens is 184 g/mol. The van der Waals surface area contributed by atoms with Crippen LogP contribution in [0.1, 0.15) is 12.5 Å². The van der Waals surface area contributed by atoms with Gasteiger partial charge in [0.25, 0.3) is 5.69 Å². The summed E-state index contributed by atoms with van der Waals surface area (Å²) in [7, 11) is 0. The SMILES string of the molecule is CCNc1ccc([N+](=O)[O-])cc1CO. The van der Waals surface area contributed by atoms with Gasteiger partial charge in [-0.2, -0.15) is 0 Å². The average Bonchev–Trinajstić information content (AvgIpc) is 2.18. The van der Waals surface area contributed by atoms with Gasteiger partial charge >= 0.3 is 0 Å². The van der Waals surface area contributed by atoms with Crippen LogP contribution in [0.4, 0.5) is 11.4 Å². The molecule has 14 heavy (non-hydrogen) atoms. The lowest BCUT2D eigenvalue weighted by molar-refractivity contribution is -0.384. The third kappa shape index (κ3) is 2.20. The molecule has 0 saturated carbocycles. The summed E-state index contributed by atoms with van der Waals surface area (Å²) in [5.41, 5.74) is 1.28. The lowest BCUT2D eigenvalue weighted by Gasteiger charge is -2.07. The molecule has 5 nitrogen and oxygen atoms in total. The smallest absolute Gasteiger partial charge is 0.269 e. The van der Waals surface area contributed by atoms with Gasteiger partial charge < -0.3 is 10.4 Å². The summed E-state index contributed by atoms with van der Waals surface area (Å²) in [6.07, 6.45) is 0. The minimum atomic E-state index is -0.477. The van der Waals surface area contributed by atoms with Crippen LogP contribution in [0.3, 0.4) is 0 Å². The Kier molecular flexibility index (Phi) is 3.41. The second-order valence-electron chi connectivity index (χ2n) is 2.79. The van der Waals surface area contributed by atoms with Gasteiger partial charge in [0.15, 0.2) is 0 Å². The van der Waals surface area contributed by atoms with Crippen LogP contribution in [-0.2, 0) is 6.61 Å². The molecule has 1 aromatic carbocycles. The molecule has 76 valence electrons. The first kappa shape index (κ1) is 10.5. The molecule has 5 heteroatoms. The largest absolute Gasteiger partial charge is 0.392 e. The van der Waals surface area contributed by atoms with E-state index in [4.69, 9.17) is 5.11 Å². The van der Waals surface area contributed by atoms with E-state index in [1.165, 1.54) is 12.1 Å². The highest BCUT2D eigenvalue weighted by atomic mass is 16.6. The Morgan fingerprint density at radius 2 is 2.29 bits per heavy atom. The third-order valence-electron chi connectivity index (χ3n) is 1.84. The highest BCUT2D eigenvalue weighted by molar-refractivity contribution is 5.55. The summed E-state index contributed by atoms with van der Waals surface area (Å²) >= 11 is 0. The van der Waals surface area contributed by atoms with Crippen molar-refractivity contribution in [2.75, 3.05) is 11.9 Å². The second-order valence-corrected chi connectivity index (χ2v) is 2.79. The average molecular weight is 196 g/mol. The van der Waals surface area contributed by atoms with Crippen molar-refractivity contribution in [3.05, 3.63) is 33.9 Å². The molecule has 0 atom stereocenters. The molecule has 1 aromatic rings. The molecule has 0 unspecified atom stereocenters. The van der Waals surface area contributed by atoms with Gasteiger partial charge in [-0.25, -0.2) is 0 Å². The van der Waals surface area contributed by atoms with Gasteiger partial charge in [-0.3, -0.25) is 10.1 Å². The van der Waals surface area contributed by atoms with Gasteiger partial charge in [-0.15, -0.1) is 0 Å². The maximum Gasteiger partial charge on any atom is 0.269 e. The van der Waals surface area contributed by atoms with E-state index < -0.39 is 4.92 Å². The van der Waals surface area contributed by atoms with Crippen molar-refractivity contribution in [3.8, 4) is 0 Å². The Labute approximate surface area is 81.5 Å². The fourth-order valence-corrected chi connectivity index (χ4v) is 1.19.